The van der Waals surface area contributed by atoms with Gasteiger partial charge in [-0.15, -0.1) is 0 Å². The molecule has 19 heavy (non-hydrogen) atoms. The summed E-state index contributed by atoms with van der Waals surface area (Å²) in [6.45, 7) is 6.26. The lowest BCUT2D eigenvalue weighted by Crippen LogP contribution is -2.26. The molecule has 0 aromatic carbocycles. The molecule has 5 nitrogen and oxygen atoms in total. The number of rotatable bonds is 8. The molecule has 0 radical (unpaired) electrons. The zero-order valence-electron chi connectivity index (χ0n) is 11.9. The maximum atomic E-state index is 11.8. The van der Waals surface area contributed by atoms with Crippen molar-refractivity contribution in [1.29, 1.82) is 0 Å². The summed E-state index contributed by atoms with van der Waals surface area (Å²) in [5, 5.41) is 5.73. The molecule has 0 saturated heterocycles. The normalized spacial score (nSPS) is 10.5. The van der Waals surface area contributed by atoms with Crippen LogP contribution in [0.5, 0.6) is 0 Å². The van der Waals surface area contributed by atoms with Crippen LogP contribution in [0.15, 0.2) is 18.2 Å². The van der Waals surface area contributed by atoms with Crippen LogP contribution in [0.25, 0.3) is 0 Å². The molecule has 106 valence electrons. The Morgan fingerprint density at radius 3 is 2.89 bits per heavy atom. The van der Waals surface area contributed by atoms with Crippen LogP contribution in [-0.4, -0.2) is 37.7 Å². The fourth-order valence-electron chi connectivity index (χ4n) is 1.49. The molecule has 0 saturated carbocycles. The van der Waals surface area contributed by atoms with Gasteiger partial charge in [0.1, 0.15) is 11.5 Å². The number of carbonyl (C=O) groups is 1. The van der Waals surface area contributed by atoms with E-state index in [-0.39, 0.29) is 5.91 Å². The first-order valence-electron chi connectivity index (χ1n) is 6.64. The lowest BCUT2D eigenvalue weighted by atomic mass is 10.2. The fourth-order valence-corrected chi connectivity index (χ4v) is 1.49. The summed E-state index contributed by atoms with van der Waals surface area (Å²) in [7, 11) is 1.77. The second-order valence-electron chi connectivity index (χ2n) is 4.74. The summed E-state index contributed by atoms with van der Waals surface area (Å²) in [6, 6.07) is 5.32. The Labute approximate surface area is 114 Å². The minimum atomic E-state index is -0.152. The van der Waals surface area contributed by atoms with E-state index in [4.69, 9.17) is 4.74 Å². The fraction of sp³-hybridized carbons (Fsp3) is 0.571. The number of pyridine rings is 1. The van der Waals surface area contributed by atoms with Crippen molar-refractivity contribution in [3.8, 4) is 0 Å². The number of hydrogen-bond donors (Lipinski definition) is 2. The van der Waals surface area contributed by atoms with Gasteiger partial charge in [-0.05, 0) is 24.5 Å². The number of carbonyl (C=O) groups excluding carboxylic acids is 1. The van der Waals surface area contributed by atoms with Gasteiger partial charge >= 0.3 is 0 Å². The maximum absolute atomic E-state index is 11.8. The smallest absolute Gasteiger partial charge is 0.269 e. The van der Waals surface area contributed by atoms with E-state index in [2.05, 4.69) is 29.5 Å². The van der Waals surface area contributed by atoms with E-state index in [0.29, 0.717) is 30.6 Å². The van der Waals surface area contributed by atoms with Crippen molar-refractivity contribution in [2.24, 2.45) is 5.92 Å². The van der Waals surface area contributed by atoms with E-state index in [0.717, 1.165) is 13.0 Å². The Hall–Kier alpha value is -1.62. The van der Waals surface area contributed by atoms with Crippen molar-refractivity contribution in [2.75, 3.05) is 32.1 Å². The molecule has 1 aromatic heterocycles. The van der Waals surface area contributed by atoms with Gasteiger partial charge in [-0.3, -0.25) is 4.79 Å². The van der Waals surface area contributed by atoms with Crippen LogP contribution in [0.2, 0.25) is 0 Å². The van der Waals surface area contributed by atoms with Crippen LogP contribution in [0.4, 0.5) is 5.82 Å². The van der Waals surface area contributed by atoms with Gasteiger partial charge in [-0.1, -0.05) is 19.9 Å². The van der Waals surface area contributed by atoms with Crippen LogP contribution < -0.4 is 10.6 Å². The molecular weight excluding hydrogens is 242 g/mol. The third kappa shape index (κ3) is 6.20. The number of amides is 1. The van der Waals surface area contributed by atoms with E-state index in [1.54, 1.807) is 19.2 Å². The molecule has 1 amide bonds. The Bertz CT molecular complexity index is 394. The van der Waals surface area contributed by atoms with Crippen molar-refractivity contribution in [1.82, 2.24) is 10.3 Å². The summed E-state index contributed by atoms with van der Waals surface area (Å²) >= 11 is 0. The molecule has 0 atom stereocenters. The average Bonchev–Trinajstić information content (AvgIpc) is 2.42. The molecule has 1 rings (SSSR count). The van der Waals surface area contributed by atoms with E-state index >= 15 is 0 Å². The lowest BCUT2D eigenvalue weighted by molar-refractivity contribution is 0.0920. The summed E-state index contributed by atoms with van der Waals surface area (Å²) in [5.74, 6) is 1.08. The molecule has 0 aliphatic carbocycles. The Morgan fingerprint density at radius 2 is 2.21 bits per heavy atom. The molecule has 0 bridgehead atoms. The highest BCUT2D eigenvalue weighted by Crippen LogP contribution is 2.03. The highest BCUT2D eigenvalue weighted by Gasteiger charge is 2.06. The molecular formula is C14H23N3O2. The van der Waals surface area contributed by atoms with Crippen molar-refractivity contribution >= 4 is 11.7 Å². The first-order chi connectivity index (χ1) is 9.13. The van der Waals surface area contributed by atoms with E-state index in [1.165, 1.54) is 0 Å². The summed E-state index contributed by atoms with van der Waals surface area (Å²) < 4.78 is 5.44. The predicted molar refractivity (Wildman–Crippen MR) is 76.4 cm³/mol. The molecule has 1 heterocycles. The number of ether oxygens (including phenoxy) is 1. The molecule has 1 aromatic rings. The van der Waals surface area contributed by atoms with E-state index in [9.17, 15) is 4.79 Å². The Balaban J connectivity index is 2.23. The molecule has 2 N–H and O–H groups in total. The third-order valence-corrected chi connectivity index (χ3v) is 2.44. The maximum Gasteiger partial charge on any atom is 0.269 e. The molecule has 0 spiro atoms. The highest BCUT2D eigenvalue weighted by molar-refractivity contribution is 5.92. The van der Waals surface area contributed by atoms with Gasteiger partial charge in [0.15, 0.2) is 0 Å². The quantitative estimate of drug-likeness (QED) is 0.705. The zero-order valence-corrected chi connectivity index (χ0v) is 11.9. The number of hydrogen-bond acceptors (Lipinski definition) is 4. The second kappa shape index (κ2) is 8.48. The van der Waals surface area contributed by atoms with Gasteiger partial charge in [-0.25, -0.2) is 4.98 Å². The minimum absolute atomic E-state index is 0.152. The monoisotopic (exact) mass is 265 g/mol. The van der Waals surface area contributed by atoms with Gasteiger partial charge in [0.05, 0.1) is 0 Å². The summed E-state index contributed by atoms with van der Waals surface area (Å²) in [5.41, 5.74) is 0.426. The largest absolute Gasteiger partial charge is 0.381 e. The molecule has 0 unspecified atom stereocenters. The van der Waals surface area contributed by atoms with Crippen molar-refractivity contribution in [2.45, 2.75) is 20.3 Å². The lowest BCUT2D eigenvalue weighted by Gasteiger charge is -2.08. The molecule has 0 aliphatic rings. The zero-order chi connectivity index (χ0) is 14.1. The Kier molecular flexibility index (Phi) is 6.89. The Morgan fingerprint density at radius 1 is 1.42 bits per heavy atom. The third-order valence-electron chi connectivity index (χ3n) is 2.44. The second-order valence-corrected chi connectivity index (χ2v) is 4.74. The number of anilines is 1. The van der Waals surface area contributed by atoms with E-state index in [1.807, 2.05) is 6.07 Å². The highest BCUT2D eigenvalue weighted by atomic mass is 16.5. The minimum Gasteiger partial charge on any atom is -0.381 e. The van der Waals surface area contributed by atoms with Crippen molar-refractivity contribution in [3.05, 3.63) is 23.9 Å². The first-order valence-corrected chi connectivity index (χ1v) is 6.64. The van der Waals surface area contributed by atoms with Crippen molar-refractivity contribution in [3.63, 3.8) is 0 Å². The van der Waals surface area contributed by atoms with Gasteiger partial charge in [0.2, 0.25) is 0 Å². The van der Waals surface area contributed by atoms with Crippen LogP contribution >= 0.6 is 0 Å². The topological polar surface area (TPSA) is 63.2 Å². The standard InChI is InChI=1S/C14H23N3O2/c1-11(2)10-19-9-5-8-16-14(18)12-6-4-7-13(15-3)17-12/h4,6-7,11H,5,8-10H2,1-3H3,(H,15,17)(H,16,18). The number of nitrogens with zero attached hydrogens (tertiary/aromatic N) is 1. The van der Waals surface area contributed by atoms with Crippen LogP contribution in [-0.2, 0) is 4.74 Å². The average molecular weight is 265 g/mol. The predicted octanol–water partition coefficient (Wildman–Crippen LogP) is 1.92. The first kappa shape index (κ1) is 15.4. The van der Waals surface area contributed by atoms with E-state index < -0.39 is 0 Å². The van der Waals surface area contributed by atoms with Gasteiger partial charge in [0.25, 0.3) is 5.91 Å². The SMILES string of the molecule is CNc1cccc(C(=O)NCCCOCC(C)C)n1. The van der Waals surface area contributed by atoms with Gasteiger partial charge in [0, 0.05) is 26.8 Å². The van der Waals surface area contributed by atoms with Crippen LogP contribution in [0, 0.1) is 5.92 Å². The molecule has 0 aliphatic heterocycles. The van der Waals surface area contributed by atoms with Crippen molar-refractivity contribution < 1.29 is 9.53 Å². The summed E-state index contributed by atoms with van der Waals surface area (Å²) in [6.07, 6.45) is 0.810. The molecule has 5 heteroatoms. The van der Waals surface area contributed by atoms with Crippen LogP contribution in [0.1, 0.15) is 30.8 Å². The van der Waals surface area contributed by atoms with Gasteiger partial charge in [-0.2, -0.15) is 0 Å². The van der Waals surface area contributed by atoms with Gasteiger partial charge < -0.3 is 15.4 Å². The number of nitrogens with one attached hydrogen (secondary N) is 2. The summed E-state index contributed by atoms with van der Waals surface area (Å²) in [4.78, 5) is 16.0. The van der Waals surface area contributed by atoms with Crippen LogP contribution in [0.3, 0.4) is 0 Å². The number of aromatic nitrogens is 1. The molecule has 0 fully saturated rings.